The standard InChI is InChI=1S/C19H24N2/c1-3-20-14-17-9-5-7-11-19(17)21-15(2)12-13-16-8-4-6-10-18(16)21/h4-11,15,20H,3,12-14H2,1-2H3. The van der Waals surface area contributed by atoms with E-state index in [2.05, 4.69) is 72.6 Å². The highest BCUT2D eigenvalue weighted by Crippen LogP contribution is 2.38. The second kappa shape index (κ2) is 6.31. The van der Waals surface area contributed by atoms with Gasteiger partial charge in [0, 0.05) is 24.0 Å². The molecule has 1 unspecified atom stereocenters. The van der Waals surface area contributed by atoms with Gasteiger partial charge in [-0.25, -0.2) is 0 Å². The van der Waals surface area contributed by atoms with Crippen LogP contribution in [0, 0.1) is 0 Å². The van der Waals surface area contributed by atoms with Crippen molar-refractivity contribution in [1.82, 2.24) is 5.32 Å². The van der Waals surface area contributed by atoms with E-state index in [1.165, 1.54) is 35.3 Å². The molecule has 0 spiro atoms. The maximum Gasteiger partial charge on any atom is 0.0458 e. The van der Waals surface area contributed by atoms with E-state index < -0.39 is 0 Å². The van der Waals surface area contributed by atoms with Crippen LogP contribution in [0.2, 0.25) is 0 Å². The molecule has 2 aromatic carbocycles. The molecule has 1 atom stereocenters. The van der Waals surface area contributed by atoms with Crippen LogP contribution in [0.15, 0.2) is 48.5 Å². The van der Waals surface area contributed by atoms with Gasteiger partial charge in [0.05, 0.1) is 0 Å². The molecule has 0 bridgehead atoms. The van der Waals surface area contributed by atoms with E-state index >= 15 is 0 Å². The monoisotopic (exact) mass is 280 g/mol. The summed E-state index contributed by atoms with van der Waals surface area (Å²) >= 11 is 0. The first-order valence-electron chi connectivity index (χ1n) is 7.97. The number of aryl methyl sites for hydroxylation is 1. The van der Waals surface area contributed by atoms with Gasteiger partial charge in [-0.05, 0) is 49.6 Å². The van der Waals surface area contributed by atoms with E-state index in [0.717, 1.165) is 13.1 Å². The summed E-state index contributed by atoms with van der Waals surface area (Å²) in [6.07, 6.45) is 2.40. The summed E-state index contributed by atoms with van der Waals surface area (Å²) < 4.78 is 0. The number of hydrogen-bond acceptors (Lipinski definition) is 2. The minimum Gasteiger partial charge on any atom is -0.338 e. The first kappa shape index (κ1) is 14.2. The maximum absolute atomic E-state index is 3.46. The van der Waals surface area contributed by atoms with Crippen LogP contribution in [0.25, 0.3) is 0 Å². The zero-order chi connectivity index (χ0) is 14.7. The van der Waals surface area contributed by atoms with Crippen molar-refractivity contribution in [2.24, 2.45) is 0 Å². The molecule has 0 aromatic heterocycles. The highest BCUT2D eigenvalue weighted by atomic mass is 15.2. The molecule has 21 heavy (non-hydrogen) atoms. The molecule has 0 fully saturated rings. The normalized spacial score (nSPS) is 17.6. The van der Waals surface area contributed by atoms with Gasteiger partial charge in [0.2, 0.25) is 0 Å². The molecule has 2 nitrogen and oxygen atoms in total. The van der Waals surface area contributed by atoms with Crippen LogP contribution in [0.4, 0.5) is 11.4 Å². The lowest BCUT2D eigenvalue weighted by Crippen LogP contribution is -2.34. The fourth-order valence-electron chi connectivity index (χ4n) is 3.21. The SMILES string of the molecule is CCNCc1ccccc1N1c2ccccc2CCC1C. The number of hydrogen-bond donors (Lipinski definition) is 1. The number of para-hydroxylation sites is 2. The van der Waals surface area contributed by atoms with Crippen LogP contribution in [0.1, 0.15) is 31.4 Å². The summed E-state index contributed by atoms with van der Waals surface area (Å²) in [6.45, 7) is 6.42. The topological polar surface area (TPSA) is 15.3 Å². The predicted molar refractivity (Wildman–Crippen MR) is 90.2 cm³/mol. The Balaban J connectivity index is 2.03. The summed E-state index contributed by atoms with van der Waals surface area (Å²) in [5, 5.41) is 3.46. The van der Waals surface area contributed by atoms with Gasteiger partial charge in [0.25, 0.3) is 0 Å². The van der Waals surface area contributed by atoms with Crippen molar-refractivity contribution in [3.05, 3.63) is 59.7 Å². The van der Waals surface area contributed by atoms with E-state index in [4.69, 9.17) is 0 Å². The molecule has 1 aliphatic rings. The highest BCUT2D eigenvalue weighted by Gasteiger charge is 2.25. The minimum atomic E-state index is 0.544. The Labute approximate surface area is 127 Å². The number of fused-ring (bicyclic) bond motifs is 1. The number of nitrogens with zero attached hydrogens (tertiary/aromatic N) is 1. The van der Waals surface area contributed by atoms with E-state index in [0.29, 0.717) is 6.04 Å². The van der Waals surface area contributed by atoms with Crippen LogP contribution < -0.4 is 10.2 Å². The molecule has 0 radical (unpaired) electrons. The van der Waals surface area contributed by atoms with E-state index in [9.17, 15) is 0 Å². The van der Waals surface area contributed by atoms with Crippen LogP contribution in [0.3, 0.4) is 0 Å². The maximum atomic E-state index is 3.46. The second-order valence-corrected chi connectivity index (χ2v) is 5.80. The largest absolute Gasteiger partial charge is 0.338 e. The Morgan fingerprint density at radius 3 is 2.57 bits per heavy atom. The van der Waals surface area contributed by atoms with Crippen LogP contribution in [-0.2, 0) is 13.0 Å². The Bertz CT molecular complexity index is 606. The fraction of sp³-hybridized carbons (Fsp3) is 0.368. The number of nitrogens with one attached hydrogen (secondary N) is 1. The molecule has 1 aliphatic heterocycles. The Morgan fingerprint density at radius 2 is 1.76 bits per heavy atom. The average Bonchev–Trinajstić information content (AvgIpc) is 2.53. The summed E-state index contributed by atoms with van der Waals surface area (Å²) in [7, 11) is 0. The molecule has 2 aromatic rings. The zero-order valence-corrected chi connectivity index (χ0v) is 13.0. The molecule has 2 heteroatoms. The minimum absolute atomic E-state index is 0.544. The van der Waals surface area contributed by atoms with Gasteiger partial charge in [0.1, 0.15) is 0 Å². The third-order valence-electron chi connectivity index (χ3n) is 4.34. The van der Waals surface area contributed by atoms with Gasteiger partial charge in [-0.2, -0.15) is 0 Å². The quantitative estimate of drug-likeness (QED) is 0.899. The molecular formula is C19H24N2. The van der Waals surface area contributed by atoms with Gasteiger partial charge in [-0.3, -0.25) is 0 Å². The highest BCUT2D eigenvalue weighted by molar-refractivity contribution is 5.71. The zero-order valence-electron chi connectivity index (χ0n) is 13.0. The molecular weight excluding hydrogens is 256 g/mol. The van der Waals surface area contributed by atoms with Crippen LogP contribution in [0.5, 0.6) is 0 Å². The number of anilines is 2. The first-order valence-corrected chi connectivity index (χ1v) is 7.97. The van der Waals surface area contributed by atoms with Crippen molar-refractivity contribution in [3.63, 3.8) is 0 Å². The smallest absolute Gasteiger partial charge is 0.0458 e. The molecule has 110 valence electrons. The third kappa shape index (κ3) is 2.81. The lowest BCUT2D eigenvalue weighted by molar-refractivity contribution is 0.614. The van der Waals surface area contributed by atoms with Crippen molar-refractivity contribution in [2.45, 2.75) is 39.3 Å². The predicted octanol–water partition coefficient (Wildman–Crippen LogP) is 4.27. The molecule has 1 N–H and O–H groups in total. The van der Waals surface area contributed by atoms with Crippen molar-refractivity contribution in [1.29, 1.82) is 0 Å². The summed E-state index contributed by atoms with van der Waals surface area (Å²) in [5.74, 6) is 0. The summed E-state index contributed by atoms with van der Waals surface area (Å²) in [5.41, 5.74) is 5.56. The fourth-order valence-corrected chi connectivity index (χ4v) is 3.21. The Kier molecular flexibility index (Phi) is 4.26. The van der Waals surface area contributed by atoms with Crippen molar-refractivity contribution >= 4 is 11.4 Å². The molecule has 0 amide bonds. The molecule has 0 aliphatic carbocycles. The van der Waals surface area contributed by atoms with Crippen molar-refractivity contribution in [2.75, 3.05) is 11.4 Å². The molecule has 0 saturated heterocycles. The lowest BCUT2D eigenvalue weighted by Gasteiger charge is -2.38. The summed E-state index contributed by atoms with van der Waals surface area (Å²) in [4.78, 5) is 2.52. The second-order valence-electron chi connectivity index (χ2n) is 5.80. The van der Waals surface area contributed by atoms with E-state index in [1.807, 2.05) is 0 Å². The van der Waals surface area contributed by atoms with Crippen molar-refractivity contribution in [3.8, 4) is 0 Å². The molecule has 0 saturated carbocycles. The van der Waals surface area contributed by atoms with Gasteiger partial charge < -0.3 is 10.2 Å². The lowest BCUT2D eigenvalue weighted by atomic mass is 9.95. The van der Waals surface area contributed by atoms with Gasteiger partial charge in [-0.1, -0.05) is 43.3 Å². The van der Waals surface area contributed by atoms with E-state index in [1.54, 1.807) is 0 Å². The molecule has 1 heterocycles. The number of rotatable bonds is 4. The summed E-state index contributed by atoms with van der Waals surface area (Å²) in [6, 6.07) is 18.1. The van der Waals surface area contributed by atoms with Gasteiger partial charge in [-0.15, -0.1) is 0 Å². The van der Waals surface area contributed by atoms with Gasteiger partial charge in [0.15, 0.2) is 0 Å². The number of benzene rings is 2. The van der Waals surface area contributed by atoms with Crippen molar-refractivity contribution < 1.29 is 0 Å². The first-order chi connectivity index (χ1) is 10.3. The molecule has 3 rings (SSSR count). The Hall–Kier alpha value is -1.80. The average molecular weight is 280 g/mol. The van der Waals surface area contributed by atoms with Crippen LogP contribution >= 0.6 is 0 Å². The third-order valence-corrected chi connectivity index (χ3v) is 4.34. The van der Waals surface area contributed by atoms with Crippen LogP contribution in [-0.4, -0.2) is 12.6 Å². The van der Waals surface area contributed by atoms with Gasteiger partial charge >= 0.3 is 0 Å². The van der Waals surface area contributed by atoms with E-state index in [-0.39, 0.29) is 0 Å². The Morgan fingerprint density at radius 1 is 1.05 bits per heavy atom.